The first-order valence-corrected chi connectivity index (χ1v) is 11.5. The first kappa shape index (κ1) is 27.3. The van der Waals surface area contributed by atoms with Crippen LogP contribution in [0, 0.1) is 5.82 Å². The van der Waals surface area contributed by atoms with Crippen LogP contribution in [0.3, 0.4) is 0 Å². The molecule has 0 atom stereocenters. The van der Waals surface area contributed by atoms with E-state index < -0.39 is 41.7 Å². The molecule has 8 heteroatoms. The van der Waals surface area contributed by atoms with Crippen LogP contribution in [0.2, 0.25) is 0 Å². The molecule has 0 saturated carbocycles. The van der Waals surface area contributed by atoms with Crippen LogP contribution in [0.15, 0.2) is 42.5 Å². The lowest BCUT2D eigenvalue weighted by Gasteiger charge is -2.14. The summed E-state index contributed by atoms with van der Waals surface area (Å²) in [5, 5.41) is 0. The van der Waals surface area contributed by atoms with Crippen molar-refractivity contribution in [2.45, 2.75) is 71.1 Å². The molecule has 0 unspecified atom stereocenters. The predicted molar refractivity (Wildman–Crippen MR) is 120 cm³/mol. The van der Waals surface area contributed by atoms with Gasteiger partial charge in [-0.2, -0.15) is 13.2 Å². The highest BCUT2D eigenvalue weighted by Crippen LogP contribution is 2.33. The van der Waals surface area contributed by atoms with Crippen molar-refractivity contribution in [2.75, 3.05) is 6.61 Å². The lowest BCUT2D eigenvalue weighted by Crippen LogP contribution is -2.14. The van der Waals surface area contributed by atoms with Gasteiger partial charge in [0.05, 0.1) is 23.3 Å². The molecule has 2 rings (SSSR count). The minimum atomic E-state index is -4.78. The molecule has 0 aromatic heterocycles. The molecule has 186 valence electrons. The fraction of sp³-hybridized carbons (Fsp3) is 0.462. The number of ether oxygens (including phenoxy) is 2. The molecule has 0 aliphatic rings. The molecule has 0 bridgehead atoms. The van der Waals surface area contributed by atoms with Crippen LogP contribution in [0.5, 0.6) is 0 Å². The standard InChI is InChI=1S/C26H30F4O4/c1-2-3-4-5-6-7-8-9-17-33-24(31)19-13-15-20(16-14-19)25(32)34-18-21-22(26(28,29)30)11-10-12-23(21)27/h10-16H,2-9,17-18H2,1H3. The lowest BCUT2D eigenvalue weighted by atomic mass is 10.1. The minimum Gasteiger partial charge on any atom is -0.462 e. The number of alkyl halides is 3. The number of hydrogen-bond donors (Lipinski definition) is 0. The molecular formula is C26H30F4O4. The summed E-state index contributed by atoms with van der Waals surface area (Å²) in [6.45, 7) is 1.61. The zero-order chi connectivity index (χ0) is 25.0. The van der Waals surface area contributed by atoms with Gasteiger partial charge in [-0.15, -0.1) is 0 Å². The number of carbonyl (C=O) groups is 2. The molecule has 0 amide bonds. The number of unbranched alkanes of at least 4 members (excludes halogenated alkanes) is 7. The van der Waals surface area contributed by atoms with E-state index in [1.54, 1.807) is 0 Å². The van der Waals surface area contributed by atoms with Gasteiger partial charge in [-0.25, -0.2) is 14.0 Å². The summed E-state index contributed by atoms with van der Waals surface area (Å²) in [5.41, 5.74) is -1.69. The molecule has 2 aromatic rings. The van der Waals surface area contributed by atoms with Gasteiger partial charge in [-0.05, 0) is 42.8 Å². The number of esters is 2. The molecular weight excluding hydrogens is 452 g/mol. The van der Waals surface area contributed by atoms with Crippen LogP contribution in [0.4, 0.5) is 17.6 Å². The second-order valence-electron chi connectivity index (χ2n) is 8.03. The van der Waals surface area contributed by atoms with E-state index in [-0.39, 0.29) is 11.1 Å². The van der Waals surface area contributed by atoms with Crippen LogP contribution in [-0.2, 0) is 22.3 Å². The molecule has 0 fully saturated rings. The molecule has 0 saturated heterocycles. The summed E-state index contributed by atoms with van der Waals surface area (Å²) in [4.78, 5) is 24.3. The Bertz CT molecular complexity index is 923. The van der Waals surface area contributed by atoms with Gasteiger partial charge in [-0.3, -0.25) is 0 Å². The molecule has 0 aliphatic heterocycles. The summed E-state index contributed by atoms with van der Waals surface area (Å²) in [6.07, 6.45) is 4.24. The van der Waals surface area contributed by atoms with Crippen molar-refractivity contribution < 1.29 is 36.6 Å². The van der Waals surface area contributed by atoms with Crippen molar-refractivity contribution in [3.8, 4) is 0 Å². The average Bonchev–Trinajstić information content (AvgIpc) is 2.81. The fourth-order valence-electron chi connectivity index (χ4n) is 3.42. The lowest BCUT2D eigenvalue weighted by molar-refractivity contribution is -0.139. The Balaban J connectivity index is 1.79. The normalized spacial score (nSPS) is 11.3. The number of hydrogen-bond acceptors (Lipinski definition) is 4. The fourth-order valence-corrected chi connectivity index (χ4v) is 3.42. The van der Waals surface area contributed by atoms with Gasteiger partial charge in [0.1, 0.15) is 12.4 Å². The van der Waals surface area contributed by atoms with Crippen LogP contribution < -0.4 is 0 Å². The molecule has 0 N–H and O–H groups in total. The van der Waals surface area contributed by atoms with Gasteiger partial charge in [0.15, 0.2) is 0 Å². The molecule has 4 nitrogen and oxygen atoms in total. The number of rotatable bonds is 13. The van der Waals surface area contributed by atoms with E-state index in [0.717, 1.165) is 37.5 Å². The maximum absolute atomic E-state index is 13.9. The first-order chi connectivity index (χ1) is 16.2. The summed E-state index contributed by atoms with van der Waals surface area (Å²) in [6, 6.07) is 7.89. The van der Waals surface area contributed by atoms with Gasteiger partial charge in [-0.1, -0.05) is 57.9 Å². The molecule has 34 heavy (non-hydrogen) atoms. The zero-order valence-electron chi connectivity index (χ0n) is 19.3. The molecule has 2 aromatic carbocycles. The number of benzene rings is 2. The maximum atomic E-state index is 13.9. The minimum absolute atomic E-state index is 0.0181. The Hall–Kier alpha value is -2.90. The molecule has 0 heterocycles. The highest BCUT2D eigenvalue weighted by molar-refractivity contribution is 5.93. The second-order valence-corrected chi connectivity index (χ2v) is 8.03. The largest absolute Gasteiger partial charge is 0.462 e. The number of halogens is 4. The molecule has 0 spiro atoms. The van der Waals surface area contributed by atoms with E-state index in [1.807, 2.05) is 0 Å². The maximum Gasteiger partial charge on any atom is 0.416 e. The Morgan fingerprint density at radius 1 is 0.765 bits per heavy atom. The van der Waals surface area contributed by atoms with E-state index in [2.05, 4.69) is 6.92 Å². The smallest absolute Gasteiger partial charge is 0.416 e. The van der Waals surface area contributed by atoms with Gasteiger partial charge < -0.3 is 9.47 Å². The van der Waals surface area contributed by atoms with Crippen molar-refractivity contribution in [1.29, 1.82) is 0 Å². The van der Waals surface area contributed by atoms with Gasteiger partial charge in [0.25, 0.3) is 0 Å². The van der Waals surface area contributed by atoms with Crippen LogP contribution in [-0.4, -0.2) is 18.5 Å². The third-order valence-corrected chi connectivity index (χ3v) is 5.36. The Kier molecular flexibility index (Phi) is 11.0. The summed E-state index contributed by atoms with van der Waals surface area (Å²) >= 11 is 0. The van der Waals surface area contributed by atoms with Crippen molar-refractivity contribution in [1.82, 2.24) is 0 Å². The highest BCUT2D eigenvalue weighted by Gasteiger charge is 2.34. The summed E-state index contributed by atoms with van der Waals surface area (Å²) in [5.74, 6) is -2.57. The second kappa shape index (κ2) is 13.7. The number of carbonyl (C=O) groups excluding carboxylic acids is 2. The van der Waals surface area contributed by atoms with Crippen LogP contribution >= 0.6 is 0 Å². The summed E-state index contributed by atoms with van der Waals surface area (Å²) < 4.78 is 63.1. The third kappa shape index (κ3) is 8.80. The predicted octanol–water partition coefficient (Wildman–Crippen LogP) is 7.50. The van der Waals surface area contributed by atoms with E-state index in [9.17, 15) is 27.2 Å². The monoisotopic (exact) mass is 482 g/mol. The van der Waals surface area contributed by atoms with E-state index in [1.165, 1.54) is 56.4 Å². The Morgan fingerprint density at radius 3 is 1.85 bits per heavy atom. The third-order valence-electron chi connectivity index (χ3n) is 5.36. The molecule has 0 radical (unpaired) electrons. The Labute approximate surface area is 197 Å². The van der Waals surface area contributed by atoms with Gasteiger partial charge >= 0.3 is 18.1 Å². The first-order valence-electron chi connectivity index (χ1n) is 11.5. The zero-order valence-corrected chi connectivity index (χ0v) is 19.3. The quantitative estimate of drug-likeness (QED) is 0.169. The van der Waals surface area contributed by atoms with Crippen LogP contribution in [0.25, 0.3) is 0 Å². The highest BCUT2D eigenvalue weighted by atomic mass is 19.4. The van der Waals surface area contributed by atoms with E-state index in [4.69, 9.17) is 9.47 Å². The average molecular weight is 483 g/mol. The Morgan fingerprint density at radius 2 is 1.29 bits per heavy atom. The topological polar surface area (TPSA) is 52.6 Å². The van der Waals surface area contributed by atoms with E-state index in [0.29, 0.717) is 6.61 Å². The van der Waals surface area contributed by atoms with Crippen molar-refractivity contribution in [3.05, 3.63) is 70.5 Å². The summed E-state index contributed by atoms with van der Waals surface area (Å²) in [7, 11) is 0. The van der Waals surface area contributed by atoms with Crippen LogP contribution in [0.1, 0.15) is 90.1 Å². The van der Waals surface area contributed by atoms with Crippen molar-refractivity contribution >= 4 is 11.9 Å². The van der Waals surface area contributed by atoms with Gasteiger partial charge in [0, 0.05) is 5.56 Å². The SMILES string of the molecule is CCCCCCCCCCOC(=O)c1ccc(C(=O)OCc2c(F)cccc2C(F)(F)F)cc1. The molecule has 0 aliphatic carbocycles. The van der Waals surface area contributed by atoms with Crippen molar-refractivity contribution in [2.24, 2.45) is 0 Å². The van der Waals surface area contributed by atoms with E-state index >= 15 is 0 Å². The van der Waals surface area contributed by atoms with Gasteiger partial charge in [0.2, 0.25) is 0 Å². The van der Waals surface area contributed by atoms with Crippen molar-refractivity contribution in [3.63, 3.8) is 0 Å².